The van der Waals surface area contributed by atoms with Crippen molar-refractivity contribution in [1.29, 1.82) is 0 Å². The molecule has 1 aliphatic rings. The van der Waals surface area contributed by atoms with Crippen molar-refractivity contribution in [3.8, 4) is 0 Å². The van der Waals surface area contributed by atoms with Crippen molar-refractivity contribution in [3.05, 3.63) is 75.6 Å². The van der Waals surface area contributed by atoms with Gasteiger partial charge in [-0.05, 0) is 23.1 Å². The van der Waals surface area contributed by atoms with E-state index in [2.05, 4.69) is 0 Å². The molecule has 0 unspecified atom stereocenters. The van der Waals surface area contributed by atoms with Crippen LogP contribution in [0.3, 0.4) is 0 Å². The molecule has 1 aromatic carbocycles. The van der Waals surface area contributed by atoms with E-state index in [1.807, 2.05) is 47.8 Å². The zero-order chi connectivity index (χ0) is 16.2. The average molecular weight is 325 g/mol. The first-order valence-corrected chi connectivity index (χ1v) is 7.97. The molecule has 23 heavy (non-hydrogen) atoms. The fourth-order valence-corrected chi connectivity index (χ4v) is 3.04. The molecule has 3 rings (SSSR count). The molecular weight excluding hydrogens is 310 g/mol. The molecule has 1 aromatic heterocycles. The van der Waals surface area contributed by atoms with Gasteiger partial charge in [0.25, 0.3) is 5.91 Å². The van der Waals surface area contributed by atoms with E-state index in [0.29, 0.717) is 17.7 Å². The van der Waals surface area contributed by atoms with Gasteiger partial charge in [0.15, 0.2) is 0 Å². The van der Waals surface area contributed by atoms with Crippen molar-refractivity contribution >= 4 is 29.3 Å². The summed E-state index contributed by atoms with van der Waals surface area (Å²) in [7, 11) is 1.32. The first-order chi connectivity index (χ1) is 11.2. The van der Waals surface area contributed by atoms with Crippen molar-refractivity contribution in [3.63, 3.8) is 0 Å². The lowest BCUT2D eigenvalue weighted by molar-refractivity contribution is -0.136. The van der Waals surface area contributed by atoms with Crippen molar-refractivity contribution in [1.82, 2.24) is 4.90 Å². The summed E-state index contributed by atoms with van der Waals surface area (Å²) in [5, 5.41) is 1.93. The monoisotopic (exact) mass is 325 g/mol. The predicted octanol–water partition coefficient (Wildman–Crippen LogP) is 3.23. The highest BCUT2D eigenvalue weighted by atomic mass is 32.1. The Morgan fingerprint density at radius 1 is 1.22 bits per heavy atom. The maximum Gasteiger partial charge on any atom is 0.340 e. The number of nitrogens with zero attached hydrogens (tertiary/aromatic N) is 1. The Hall–Kier alpha value is -2.66. The van der Waals surface area contributed by atoms with Crippen LogP contribution in [0.5, 0.6) is 0 Å². The standard InChI is InChI=1S/C18H15NO3S/c1-22-18(21)16-12-19(11-13-6-3-2-4-7-13)17(20)15(16)10-14-8-5-9-23-14/h2-10,12H,11H2,1H3. The van der Waals surface area contributed by atoms with Gasteiger partial charge in [0.05, 0.1) is 24.8 Å². The second kappa shape index (κ2) is 6.62. The summed E-state index contributed by atoms with van der Waals surface area (Å²) >= 11 is 1.51. The molecule has 5 heteroatoms. The van der Waals surface area contributed by atoms with Crippen molar-refractivity contribution in [2.75, 3.05) is 7.11 Å². The zero-order valence-electron chi connectivity index (χ0n) is 12.6. The molecule has 1 amide bonds. The fraction of sp³-hybridized carbons (Fsp3) is 0.111. The van der Waals surface area contributed by atoms with Crippen molar-refractivity contribution < 1.29 is 14.3 Å². The second-order valence-electron chi connectivity index (χ2n) is 5.03. The minimum atomic E-state index is -0.503. The predicted molar refractivity (Wildman–Crippen MR) is 89.4 cm³/mol. The van der Waals surface area contributed by atoms with E-state index in [-0.39, 0.29) is 5.91 Å². The average Bonchev–Trinajstić information content (AvgIpc) is 3.19. The van der Waals surface area contributed by atoms with Crippen LogP contribution in [0.25, 0.3) is 6.08 Å². The summed E-state index contributed by atoms with van der Waals surface area (Å²) in [6.45, 7) is 0.419. The van der Waals surface area contributed by atoms with E-state index < -0.39 is 5.97 Å². The van der Waals surface area contributed by atoms with Crippen LogP contribution >= 0.6 is 11.3 Å². The van der Waals surface area contributed by atoms with E-state index >= 15 is 0 Å². The topological polar surface area (TPSA) is 46.6 Å². The highest BCUT2D eigenvalue weighted by Gasteiger charge is 2.32. The summed E-state index contributed by atoms with van der Waals surface area (Å²) in [6.07, 6.45) is 3.31. The fourth-order valence-electron chi connectivity index (χ4n) is 2.38. The molecule has 116 valence electrons. The smallest absolute Gasteiger partial charge is 0.340 e. The summed E-state index contributed by atoms with van der Waals surface area (Å²) in [6, 6.07) is 13.5. The molecule has 2 heterocycles. The second-order valence-corrected chi connectivity index (χ2v) is 6.01. The minimum absolute atomic E-state index is 0.192. The maximum absolute atomic E-state index is 12.7. The third-order valence-corrected chi connectivity index (χ3v) is 4.32. The molecule has 4 nitrogen and oxygen atoms in total. The Morgan fingerprint density at radius 2 is 2.00 bits per heavy atom. The van der Waals surface area contributed by atoms with Gasteiger partial charge in [0, 0.05) is 11.1 Å². The van der Waals surface area contributed by atoms with Crippen LogP contribution < -0.4 is 0 Å². The number of rotatable bonds is 4. The van der Waals surface area contributed by atoms with Gasteiger partial charge in [0.2, 0.25) is 0 Å². The number of thiophene rings is 1. The number of amides is 1. The molecular formula is C18H15NO3S. The zero-order valence-corrected chi connectivity index (χ0v) is 13.4. The van der Waals surface area contributed by atoms with Gasteiger partial charge in [-0.25, -0.2) is 4.79 Å². The van der Waals surface area contributed by atoms with Crippen LogP contribution in [0.1, 0.15) is 10.4 Å². The van der Waals surface area contributed by atoms with E-state index in [0.717, 1.165) is 10.4 Å². The summed E-state index contributed by atoms with van der Waals surface area (Å²) in [4.78, 5) is 27.1. The molecule has 2 aromatic rings. The van der Waals surface area contributed by atoms with Crippen LogP contribution in [-0.4, -0.2) is 23.9 Å². The summed E-state index contributed by atoms with van der Waals surface area (Å²) < 4.78 is 4.81. The van der Waals surface area contributed by atoms with Crippen molar-refractivity contribution in [2.45, 2.75) is 6.54 Å². The maximum atomic E-state index is 12.7. The quantitative estimate of drug-likeness (QED) is 0.640. The number of benzene rings is 1. The number of carbonyl (C=O) groups excluding carboxylic acids is 2. The molecule has 0 N–H and O–H groups in total. The van der Waals surface area contributed by atoms with Crippen LogP contribution in [-0.2, 0) is 20.9 Å². The van der Waals surface area contributed by atoms with Gasteiger partial charge in [0.1, 0.15) is 0 Å². The Bertz CT molecular complexity index is 776. The van der Waals surface area contributed by atoms with Gasteiger partial charge in [-0.15, -0.1) is 11.3 Å². The molecule has 0 atom stereocenters. The van der Waals surface area contributed by atoms with E-state index in [4.69, 9.17) is 4.74 Å². The van der Waals surface area contributed by atoms with E-state index in [1.54, 1.807) is 17.2 Å². The number of ether oxygens (including phenoxy) is 1. The summed E-state index contributed by atoms with van der Waals surface area (Å²) in [5.74, 6) is -0.695. The van der Waals surface area contributed by atoms with Gasteiger partial charge in [-0.2, -0.15) is 0 Å². The first kappa shape index (κ1) is 15.2. The Balaban J connectivity index is 1.93. The normalized spacial score (nSPS) is 15.9. The number of methoxy groups -OCH3 is 1. The lowest BCUT2D eigenvalue weighted by Crippen LogP contribution is -2.21. The van der Waals surface area contributed by atoms with Gasteiger partial charge in [-0.3, -0.25) is 4.79 Å². The third kappa shape index (κ3) is 3.24. The Labute approximate surface area is 138 Å². The van der Waals surface area contributed by atoms with E-state index in [1.165, 1.54) is 18.4 Å². The largest absolute Gasteiger partial charge is 0.465 e. The van der Waals surface area contributed by atoms with E-state index in [9.17, 15) is 9.59 Å². The number of esters is 1. The van der Waals surface area contributed by atoms with Crippen molar-refractivity contribution in [2.24, 2.45) is 0 Å². The first-order valence-electron chi connectivity index (χ1n) is 7.09. The van der Waals surface area contributed by atoms with Crippen LogP contribution in [0, 0.1) is 0 Å². The van der Waals surface area contributed by atoms with Crippen LogP contribution in [0.15, 0.2) is 65.2 Å². The molecule has 0 radical (unpaired) electrons. The Kier molecular flexibility index (Phi) is 4.39. The van der Waals surface area contributed by atoms with Gasteiger partial charge >= 0.3 is 5.97 Å². The number of carbonyl (C=O) groups is 2. The van der Waals surface area contributed by atoms with Crippen LogP contribution in [0.2, 0.25) is 0 Å². The molecule has 0 aliphatic carbocycles. The molecule has 1 aliphatic heterocycles. The third-order valence-electron chi connectivity index (χ3n) is 3.50. The molecule has 0 saturated carbocycles. The Morgan fingerprint density at radius 3 is 2.65 bits per heavy atom. The molecule has 0 bridgehead atoms. The highest BCUT2D eigenvalue weighted by molar-refractivity contribution is 7.10. The molecule has 0 saturated heterocycles. The number of hydrogen-bond acceptors (Lipinski definition) is 4. The highest BCUT2D eigenvalue weighted by Crippen LogP contribution is 2.28. The lowest BCUT2D eigenvalue weighted by Gasteiger charge is -2.13. The summed E-state index contributed by atoms with van der Waals surface area (Å²) in [5.41, 5.74) is 1.66. The SMILES string of the molecule is COC(=O)C1=CN(Cc2ccccc2)C(=O)C1=Cc1cccs1. The number of hydrogen-bond donors (Lipinski definition) is 0. The minimum Gasteiger partial charge on any atom is -0.465 e. The molecule has 0 spiro atoms. The van der Waals surface area contributed by atoms with Crippen LogP contribution in [0.4, 0.5) is 0 Å². The molecule has 0 fully saturated rings. The van der Waals surface area contributed by atoms with Gasteiger partial charge < -0.3 is 9.64 Å². The van der Waals surface area contributed by atoms with Gasteiger partial charge in [-0.1, -0.05) is 36.4 Å². The lowest BCUT2D eigenvalue weighted by atomic mass is 10.1.